The number of carbonyl (C=O) groups excluding carboxylic acids is 1. The average molecular weight is 282 g/mol. The number of ketones is 1. The molecule has 0 fully saturated rings. The first kappa shape index (κ1) is 15.0. The molecule has 0 amide bonds. The van der Waals surface area contributed by atoms with Gasteiger partial charge >= 0.3 is 0 Å². The maximum atomic E-state index is 12.2. The molecule has 0 radical (unpaired) electrons. The monoisotopic (exact) mass is 282 g/mol. The van der Waals surface area contributed by atoms with Crippen molar-refractivity contribution in [3.8, 4) is 12.3 Å². The Bertz CT molecular complexity index is 640. The molecule has 0 aliphatic carbocycles. The van der Waals surface area contributed by atoms with Crippen LogP contribution in [0.1, 0.15) is 35.9 Å². The van der Waals surface area contributed by atoms with Gasteiger partial charge in [-0.15, -0.1) is 6.42 Å². The SMILES string of the molecule is C#CC(C)OCC(=O)c1cncn1[C@H](C)c1ccccc1. The number of imidazole rings is 1. The van der Waals surface area contributed by atoms with E-state index < -0.39 is 0 Å². The maximum absolute atomic E-state index is 12.2. The van der Waals surface area contributed by atoms with Crippen LogP contribution in [-0.4, -0.2) is 28.0 Å². The second-order valence-electron chi connectivity index (χ2n) is 4.82. The number of hydrogen-bond donors (Lipinski definition) is 0. The summed E-state index contributed by atoms with van der Waals surface area (Å²) < 4.78 is 7.14. The van der Waals surface area contributed by atoms with Gasteiger partial charge in [0, 0.05) is 0 Å². The van der Waals surface area contributed by atoms with Crippen molar-refractivity contribution in [2.45, 2.75) is 26.0 Å². The minimum atomic E-state index is -0.378. The molecule has 0 aliphatic rings. The summed E-state index contributed by atoms with van der Waals surface area (Å²) >= 11 is 0. The highest BCUT2D eigenvalue weighted by atomic mass is 16.5. The molecular formula is C17H18N2O2. The molecule has 2 aromatic rings. The zero-order valence-electron chi connectivity index (χ0n) is 12.2. The van der Waals surface area contributed by atoms with Gasteiger partial charge in [0.2, 0.25) is 5.78 Å². The second kappa shape index (κ2) is 6.87. The van der Waals surface area contributed by atoms with Gasteiger partial charge in [0.05, 0.1) is 18.6 Å². The number of ether oxygens (including phenoxy) is 1. The largest absolute Gasteiger partial charge is 0.358 e. The molecule has 1 unspecified atom stereocenters. The Morgan fingerprint density at radius 2 is 2.10 bits per heavy atom. The van der Waals surface area contributed by atoms with Crippen LogP contribution in [-0.2, 0) is 4.74 Å². The van der Waals surface area contributed by atoms with Crippen LogP contribution >= 0.6 is 0 Å². The predicted molar refractivity (Wildman–Crippen MR) is 81.1 cm³/mol. The topological polar surface area (TPSA) is 44.1 Å². The summed E-state index contributed by atoms with van der Waals surface area (Å²) in [5.74, 6) is 2.30. The molecule has 0 spiro atoms. The van der Waals surface area contributed by atoms with Crippen molar-refractivity contribution in [3.63, 3.8) is 0 Å². The molecule has 1 aromatic heterocycles. The smallest absolute Gasteiger partial charge is 0.206 e. The van der Waals surface area contributed by atoms with Gasteiger partial charge in [0.15, 0.2) is 0 Å². The van der Waals surface area contributed by atoms with Crippen molar-refractivity contribution >= 4 is 5.78 Å². The molecule has 1 aromatic carbocycles. The highest BCUT2D eigenvalue weighted by molar-refractivity contribution is 5.95. The van der Waals surface area contributed by atoms with Crippen LogP contribution < -0.4 is 0 Å². The number of rotatable bonds is 6. The van der Waals surface area contributed by atoms with E-state index in [1.807, 2.05) is 41.8 Å². The lowest BCUT2D eigenvalue weighted by molar-refractivity contribution is 0.0669. The van der Waals surface area contributed by atoms with Crippen LogP contribution in [0.15, 0.2) is 42.9 Å². The minimum Gasteiger partial charge on any atom is -0.358 e. The molecule has 0 aliphatic heterocycles. The fraction of sp³-hybridized carbons (Fsp3) is 0.294. The van der Waals surface area contributed by atoms with Crippen molar-refractivity contribution < 1.29 is 9.53 Å². The van der Waals surface area contributed by atoms with Gasteiger partial charge in [-0.25, -0.2) is 4.98 Å². The van der Waals surface area contributed by atoms with E-state index in [2.05, 4.69) is 10.9 Å². The first-order valence-electron chi connectivity index (χ1n) is 6.81. The molecule has 4 nitrogen and oxygen atoms in total. The molecular weight excluding hydrogens is 264 g/mol. The molecule has 0 N–H and O–H groups in total. The lowest BCUT2D eigenvalue weighted by atomic mass is 10.1. The van der Waals surface area contributed by atoms with Gasteiger partial charge in [0.25, 0.3) is 0 Å². The Balaban J connectivity index is 2.15. The minimum absolute atomic E-state index is 0.0257. The van der Waals surface area contributed by atoms with Crippen LogP contribution in [0.2, 0.25) is 0 Å². The van der Waals surface area contributed by atoms with Gasteiger partial charge in [-0.05, 0) is 19.4 Å². The number of terminal acetylenes is 1. The van der Waals surface area contributed by atoms with Crippen molar-refractivity contribution in [2.24, 2.45) is 0 Å². The first-order valence-corrected chi connectivity index (χ1v) is 6.81. The van der Waals surface area contributed by atoms with E-state index in [4.69, 9.17) is 11.2 Å². The van der Waals surface area contributed by atoms with E-state index in [0.717, 1.165) is 5.56 Å². The maximum Gasteiger partial charge on any atom is 0.206 e. The second-order valence-corrected chi connectivity index (χ2v) is 4.82. The van der Waals surface area contributed by atoms with Crippen molar-refractivity contribution in [3.05, 3.63) is 54.1 Å². The molecule has 0 bridgehead atoms. The van der Waals surface area contributed by atoms with Crippen LogP contribution in [0.5, 0.6) is 0 Å². The Morgan fingerprint density at radius 3 is 2.76 bits per heavy atom. The summed E-state index contributed by atoms with van der Waals surface area (Å²) in [6, 6.07) is 9.98. The predicted octanol–water partition coefficient (Wildman–Crippen LogP) is 2.71. The zero-order valence-corrected chi connectivity index (χ0v) is 12.2. The highest BCUT2D eigenvalue weighted by Crippen LogP contribution is 2.19. The van der Waals surface area contributed by atoms with E-state index in [9.17, 15) is 4.79 Å². The number of Topliss-reactive ketones (excluding diaryl/α,β-unsaturated/α-hetero) is 1. The lowest BCUT2D eigenvalue weighted by Crippen LogP contribution is -2.19. The zero-order chi connectivity index (χ0) is 15.2. The third kappa shape index (κ3) is 3.59. The van der Waals surface area contributed by atoms with E-state index in [1.54, 1.807) is 19.4 Å². The van der Waals surface area contributed by atoms with E-state index in [1.165, 1.54) is 0 Å². The van der Waals surface area contributed by atoms with Crippen molar-refractivity contribution in [2.75, 3.05) is 6.61 Å². The summed E-state index contributed by atoms with van der Waals surface area (Å²) in [6.07, 6.45) is 8.07. The number of nitrogens with zero attached hydrogens (tertiary/aromatic N) is 2. The van der Waals surface area contributed by atoms with Gasteiger partial charge in [-0.1, -0.05) is 36.3 Å². The van der Waals surface area contributed by atoms with E-state index >= 15 is 0 Å². The standard InChI is InChI=1S/C17H18N2O2/c1-4-13(2)21-11-17(20)16-10-18-12-19(16)14(3)15-8-6-5-7-9-15/h1,5-10,12-14H,11H2,2-3H3/t13?,14-/m1/s1. The van der Waals surface area contributed by atoms with Gasteiger partial charge in [-0.3, -0.25) is 4.79 Å². The molecule has 108 valence electrons. The Morgan fingerprint density at radius 1 is 1.38 bits per heavy atom. The summed E-state index contributed by atoms with van der Waals surface area (Å²) in [5.41, 5.74) is 1.64. The Labute approximate surface area is 124 Å². The summed E-state index contributed by atoms with van der Waals surface area (Å²) in [4.78, 5) is 16.3. The van der Waals surface area contributed by atoms with Gasteiger partial charge < -0.3 is 9.30 Å². The molecule has 0 saturated carbocycles. The summed E-state index contributed by atoms with van der Waals surface area (Å²) in [5, 5.41) is 0. The number of benzene rings is 1. The van der Waals surface area contributed by atoms with Crippen LogP contribution in [0.3, 0.4) is 0 Å². The summed E-state index contributed by atoms with van der Waals surface area (Å²) in [7, 11) is 0. The van der Waals surface area contributed by atoms with E-state index in [-0.39, 0.29) is 24.5 Å². The normalized spacial score (nSPS) is 13.4. The molecule has 2 rings (SSSR count). The van der Waals surface area contributed by atoms with Crippen molar-refractivity contribution in [1.82, 2.24) is 9.55 Å². The van der Waals surface area contributed by atoms with E-state index in [0.29, 0.717) is 5.69 Å². The Kier molecular flexibility index (Phi) is 4.91. The highest BCUT2D eigenvalue weighted by Gasteiger charge is 2.17. The molecule has 0 saturated heterocycles. The van der Waals surface area contributed by atoms with Crippen LogP contribution in [0.25, 0.3) is 0 Å². The van der Waals surface area contributed by atoms with Crippen LogP contribution in [0, 0.1) is 12.3 Å². The molecule has 2 atom stereocenters. The Hall–Kier alpha value is -2.38. The fourth-order valence-corrected chi connectivity index (χ4v) is 2.04. The van der Waals surface area contributed by atoms with Crippen molar-refractivity contribution in [1.29, 1.82) is 0 Å². The average Bonchev–Trinajstić information content (AvgIpc) is 3.01. The quantitative estimate of drug-likeness (QED) is 0.604. The molecule has 21 heavy (non-hydrogen) atoms. The number of hydrogen-bond acceptors (Lipinski definition) is 3. The first-order chi connectivity index (χ1) is 10.1. The molecule has 1 heterocycles. The fourth-order valence-electron chi connectivity index (χ4n) is 2.04. The van der Waals surface area contributed by atoms with Crippen LogP contribution in [0.4, 0.5) is 0 Å². The number of carbonyl (C=O) groups is 1. The number of aromatic nitrogens is 2. The van der Waals surface area contributed by atoms with Gasteiger partial charge in [-0.2, -0.15) is 0 Å². The molecule has 4 heteroatoms. The third-order valence-corrected chi connectivity index (χ3v) is 3.35. The van der Waals surface area contributed by atoms with Gasteiger partial charge in [0.1, 0.15) is 18.4 Å². The third-order valence-electron chi connectivity index (χ3n) is 3.35. The summed E-state index contributed by atoms with van der Waals surface area (Å²) in [6.45, 7) is 3.72. The lowest BCUT2D eigenvalue weighted by Gasteiger charge is -2.16.